The number of hydrogen-bond donors (Lipinski definition) is 2. The summed E-state index contributed by atoms with van der Waals surface area (Å²) in [6.07, 6.45) is -7.00. The van der Waals surface area contributed by atoms with Crippen LogP contribution >= 0.6 is 11.8 Å². The van der Waals surface area contributed by atoms with Gasteiger partial charge in [0.2, 0.25) is 5.91 Å². The minimum atomic E-state index is -5.31. The first-order valence-corrected chi connectivity index (χ1v) is 13.0. The summed E-state index contributed by atoms with van der Waals surface area (Å²) >= 11 is 0.615. The van der Waals surface area contributed by atoms with E-state index in [0.29, 0.717) is 22.3 Å². The maximum Gasteiger partial charge on any atom is 0.418 e. The number of amides is 1. The standard InChI is InChI=1S/C26H27F6N3O2S/c27-25(28,29)23-17(7-9-22(36)35-11-13-37-14-12-35)6-8-21(24(23)26(30,31)32)38-20-5-1-3-18(15-20)34-19-4-2-10-33-16-19/h1,3,5-9,15,19,33-34H,2,4,10-14,16H2/b9-7+. The molecule has 2 N–H and O–H groups in total. The van der Waals surface area contributed by atoms with E-state index in [9.17, 15) is 31.1 Å². The highest BCUT2D eigenvalue weighted by Crippen LogP contribution is 2.48. The highest BCUT2D eigenvalue weighted by Gasteiger charge is 2.46. The van der Waals surface area contributed by atoms with Crippen LogP contribution in [0.5, 0.6) is 0 Å². The van der Waals surface area contributed by atoms with Crippen molar-refractivity contribution in [3.05, 3.63) is 59.2 Å². The lowest BCUT2D eigenvalue weighted by molar-refractivity contribution is -0.163. The number of piperidine rings is 1. The normalized spacial score (nSPS) is 19.1. The van der Waals surface area contributed by atoms with Crippen LogP contribution < -0.4 is 10.6 Å². The molecular weight excluding hydrogens is 532 g/mol. The van der Waals surface area contributed by atoms with Gasteiger partial charge in [-0.3, -0.25) is 4.79 Å². The molecule has 38 heavy (non-hydrogen) atoms. The molecule has 2 heterocycles. The van der Waals surface area contributed by atoms with Crippen LogP contribution in [0.3, 0.4) is 0 Å². The van der Waals surface area contributed by atoms with E-state index in [2.05, 4.69) is 10.6 Å². The van der Waals surface area contributed by atoms with Crippen LogP contribution in [0, 0.1) is 0 Å². The number of nitrogens with zero attached hydrogens (tertiary/aromatic N) is 1. The SMILES string of the molecule is O=C(/C=C/c1ccc(Sc2cccc(NC3CCCNC3)c2)c(C(F)(F)F)c1C(F)(F)F)N1CCOCC1. The lowest BCUT2D eigenvalue weighted by Crippen LogP contribution is -2.39. The monoisotopic (exact) mass is 559 g/mol. The third-order valence-electron chi connectivity index (χ3n) is 6.22. The third-order valence-corrected chi connectivity index (χ3v) is 7.27. The summed E-state index contributed by atoms with van der Waals surface area (Å²) < 4.78 is 89.9. The predicted octanol–water partition coefficient (Wildman–Crippen LogP) is 5.91. The topological polar surface area (TPSA) is 53.6 Å². The molecule has 2 aliphatic heterocycles. The maximum absolute atomic E-state index is 14.2. The first kappa shape index (κ1) is 28.3. The van der Waals surface area contributed by atoms with Crippen molar-refractivity contribution in [1.29, 1.82) is 0 Å². The fraction of sp³-hybridized carbons (Fsp3) is 0.423. The lowest BCUT2D eigenvalue weighted by atomic mass is 9.99. The summed E-state index contributed by atoms with van der Waals surface area (Å²) in [5, 5.41) is 6.58. The van der Waals surface area contributed by atoms with E-state index in [4.69, 9.17) is 4.74 Å². The molecule has 1 amide bonds. The molecule has 1 unspecified atom stereocenters. The van der Waals surface area contributed by atoms with Crippen LogP contribution in [0.1, 0.15) is 29.5 Å². The number of anilines is 1. The molecule has 2 aromatic rings. The Hall–Kier alpha value is -2.70. The Morgan fingerprint density at radius 2 is 1.79 bits per heavy atom. The largest absolute Gasteiger partial charge is 0.418 e. The number of alkyl halides is 6. The number of hydrogen-bond acceptors (Lipinski definition) is 5. The highest BCUT2D eigenvalue weighted by molar-refractivity contribution is 7.99. The molecule has 2 aliphatic rings. The Morgan fingerprint density at radius 3 is 2.45 bits per heavy atom. The molecule has 0 saturated carbocycles. The average Bonchev–Trinajstić information content (AvgIpc) is 2.87. The summed E-state index contributed by atoms with van der Waals surface area (Å²) in [7, 11) is 0. The van der Waals surface area contributed by atoms with Crippen LogP contribution in [0.25, 0.3) is 6.08 Å². The van der Waals surface area contributed by atoms with Crippen molar-refractivity contribution >= 4 is 29.4 Å². The van der Waals surface area contributed by atoms with Crippen molar-refractivity contribution in [2.24, 2.45) is 0 Å². The van der Waals surface area contributed by atoms with E-state index in [1.54, 1.807) is 24.3 Å². The summed E-state index contributed by atoms with van der Waals surface area (Å²) in [4.78, 5) is 13.5. The molecule has 5 nitrogen and oxygen atoms in total. The zero-order valence-corrected chi connectivity index (χ0v) is 21.1. The van der Waals surface area contributed by atoms with Crippen LogP contribution in [0.15, 0.2) is 52.3 Å². The number of rotatable bonds is 6. The molecule has 2 saturated heterocycles. The van der Waals surface area contributed by atoms with Gasteiger partial charge in [-0.05, 0) is 55.3 Å². The lowest BCUT2D eigenvalue weighted by Gasteiger charge is -2.25. The van der Waals surface area contributed by atoms with Crippen molar-refractivity contribution in [3.8, 4) is 0 Å². The molecule has 1 atom stereocenters. The Bertz CT molecular complexity index is 1160. The van der Waals surface area contributed by atoms with Gasteiger partial charge in [-0.15, -0.1) is 0 Å². The first-order chi connectivity index (χ1) is 18.0. The molecule has 2 fully saturated rings. The maximum atomic E-state index is 14.2. The molecule has 2 aromatic carbocycles. The smallest absolute Gasteiger partial charge is 0.381 e. The van der Waals surface area contributed by atoms with Crippen molar-refractivity contribution in [2.75, 3.05) is 44.7 Å². The zero-order valence-electron chi connectivity index (χ0n) is 20.3. The second-order valence-electron chi connectivity index (χ2n) is 8.99. The number of carbonyl (C=O) groups is 1. The van der Waals surface area contributed by atoms with Crippen molar-refractivity contribution in [3.63, 3.8) is 0 Å². The zero-order chi connectivity index (χ0) is 27.3. The van der Waals surface area contributed by atoms with Gasteiger partial charge >= 0.3 is 12.4 Å². The summed E-state index contributed by atoms with van der Waals surface area (Å²) in [6.45, 7) is 2.74. The van der Waals surface area contributed by atoms with Gasteiger partial charge in [0, 0.05) is 47.2 Å². The van der Waals surface area contributed by atoms with Crippen molar-refractivity contribution in [2.45, 2.75) is 41.0 Å². The van der Waals surface area contributed by atoms with Gasteiger partial charge in [-0.25, -0.2) is 0 Å². The molecule has 0 aromatic heterocycles. The van der Waals surface area contributed by atoms with Gasteiger partial charge in [0.25, 0.3) is 0 Å². The Kier molecular flexibility index (Phi) is 8.94. The second kappa shape index (κ2) is 12.0. The van der Waals surface area contributed by atoms with Crippen LogP contribution in [0.2, 0.25) is 0 Å². The number of halogens is 6. The van der Waals surface area contributed by atoms with Crippen LogP contribution in [-0.2, 0) is 21.9 Å². The molecule has 0 radical (unpaired) electrons. The first-order valence-electron chi connectivity index (χ1n) is 12.1. The third kappa shape index (κ3) is 7.23. The number of morpholine rings is 1. The van der Waals surface area contributed by atoms with E-state index >= 15 is 0 Å². The van der Waals surface area contributed by atoms with Crippen LogP contribution in [0.4, 0.5) is 32.0 Å². The van der Waals surface area contributed by atoms with E-state index in [1.165, 1.54) is 4.90 Å². The Labute approximate surface area is 220 Å². The molecule has 12 heteroatoms. The summed E-state index contributed by atoms with van der Waals surface area (Å²) in [5.41, 5.74) is -3.64. The quantitative estimate of drug-likeness (QED) is 0.341. The number of ether oxygens (including phenoxy) is 1. The molecule has 0 aliphatic carbocycles. The summed E-state index contributed by atoms with van der Waals surface area (Å²) in [6, 6.07) is 8.74. The van der Waals surface area contributed by atoms with E-state index in [1.807, 2.05) is 0 Å². The Balaban J connectivity index is 1.66. The highest BCUT2D eigenvalue weighted by atomic mass is 32.2. The molecule has 4 rings (SSSR count). The van der Waals surface area contributed by atoms with Crippen LogP contribution in [-0.4, -0.2) is 56.2 Å². The fourth-order valence-corrected chi connectivity index (χ4v) is 5.49. The van der Waals surface area contributed by atoms with E-state index in [0.717, 1.165) is 50.2 Å². The minimum Gasteiger partial charge on any atom is -0.381 e. The van der Waals surface area contributed by atoms with Crippen molar-refractivity contribution < 1.29 is 35.9 Å². The number of nitrogens with one attached hydrogen (secondary N) is 2. The Morgan fingerprint density at radius 1 is 1.05 bits per heavy atom. The molecular formula is C26H27F6N3O2S. The van der Waals surface area contributed by atoms with Gasteiger partial charge in [-0.1, -0.05) is 23.9 Å². The van der Waals surface area contributed by atoms with Gasteiger partial charge < -0.3 is 20.3 Å². The molecule has 0 bridgehead atoms. The van der Waals surface area contributed by atoms with E-state index < -0.39 is 39.8 Å². The van der Waals surface area contributed by atoms with Gasteiger partial charge in [-0.2, -0.15) is 26.3 Å². The summed E-state index contributed by atoms with van der Waals surface area (Å²) in [5.74, 6) is -0.592. The van der Waals surface area contributed by atoms with E-state index in [-0.39, 0.29) is 32.3 Å². The van der Waals surface area contributed by atoms with Gasteiger partial charge in [0.15, 0.2) is 0 Å². The minimum absolute atomic E-state index is 0.151. The van der Waals surface area contributed by atoms with Gasteiger partial charge in [0.1, 0.15) is 0 Å². The second-order valence-corrected chi connectivity index (χ2v) is 10.1. The van der Waals surface area contributed by atoms with Gasteiger partial charge in [0.05, 0.1) is 24.3 Å². The number of carbonyl (C=O) groups excluding carboxylic acids is 1. The predicted molar refractivity (Wildman–Crippen MR) is 133 cm³/mol. The average molecular weight is 560 g/mol. The fourth-order valence-electron chi connectivity index (χ4n) is 4.45. The number of benzene rings is 2. The molecule has 206 valence electrons. The van der Waals surface area contributed by atoms with Crippen molar-refractivity contribution in [1.82, 2.24) is 10.2 Å². The molecule has 0 spiro atoms.